The molecule has 112 valence electrons. The third-order valence-electron chi connectivity index (χ3n) is 3.22. The molecule has 21 heavy (non-hydrogen) atoms. The molecule has 0 bridgehead atoms. The molecule has 0 unspecified atom stereocenters. The summed E-state index contributed by atoms with van der Waals surface area (Å²) in [5, 5.41) is 9.71. The Bertz CT molecular complexity index is 624. The smallest absolute Gasteiger partial charge is 0.241 e. The minimum absolute atomic E-state index is 0.191. The van der Waals surface area contributed by atoms with E-state index in [2.05, 4.69) is 20.5 Å². The first kappa shape index (κ1) is 15.2. The summed E-state index contributed by atoms with van der Waals surface area (Å²) in [5.41, 5.74) is 7.24. The Kier molecular flexibility index (Phi) is 4.09. The third kappa shape index (κ3) is 3.66. The van der Waals surface area contributed by atoms with Gasteiger partial charge in [0.1, 0.15) is 5.82 Å². The topological polar surface area (TPSA) is 96.7 Å². The Balaban J connectivity index is 2.08. The Morgan fingerprint density at radius 2 is 1.90 bits per heavy atom. The Morgan fingerprint density at radius 3 is 2.38 bits per heavy atom. The van der Waals surface area contributed by atoms with E-state index in [0.29, 0.717) is 11.5 Å². The number of nitrogens with one attached hydrogen (secondary N) is 2. The van der Waals surface area contributed by atoms with Crippen LogP contribution in [0.4, 0.5) is 5.69 Å². The van der Waals surface area contributed by atoms with Gasteiger partial charge >= 0.3 is 0 Å². The van der Waals surface area contributed by atoms with Crippen molar-refractivity contribution in [2.24, 2.45) is 11.1 Å². The van der Waals surface area contributed by atoms with Crippen LogP contribution < -0.4 is 11.1 Å². The average Bonchev–Trinajstić information content (AvgIpc) is 2.84. The fourth-order valence-electron chi connectivity index (χ4n) is 1.79. The number of amides is 1. The zero-order valence-corrected chi connectivity index (χ0v) is 12.8. The number of aryl methyl sites for hydroxylation is 1. The summed E-state index contributed by atoms with van der Waals surface area (Å²) in [6.07, 6.45) is 0. The second kappa shape index (κ2) is 5.65. The molecule has 0 aliphatic carbocycles. The molecule has 0 radical (unpaired) electrons. The van der Waals surface area contributed by atoms with Crippen molar-refractivity contribution in [1.29, 1.82) is 0 Å². The Morgan fingerprint density at radius 1 is 1.29 bits per heavy atom. The molecule has 2 aromatic rings. The molecule has 0 saturated heterocycles. The maximum atomic E-state index is 12.1. The van der Waals surface area contributed by atoms with Gasteiger partial charge in [-0.3, -0.25) is 9.89 Å². The van der Waals surface area contributed by atoms with E-state index in [4.69, 9.17) is 5.73 Å². The molecule has 1 atom stereocenters. The molecule has 0 aliphatic heterocycles. The van der Waals surface area contributed by atoms with Crippen molar-refractivity contribution in [3.63, 3.8) is 0 Å². The van der Waals surface area contributed by atoms with Crippen LogP contribution in [0.15, 0.2) is 24.3 Å². The van der Waals surface area contributed by atoms with E-state index < -0.39 is 6.04 Å². The second-order valence-electron chi connectivity index (χ2n) is 6.15. The van der Waals surface area contributed by atoms with E-state index in [0.717, 1.165) is 11.4 Å². The summed E-state index contributed by atoms with van der Waals surface area (Å²) in [7, 11) is 0. The molecule has 0 saturated carbocycles. The minimum atomic E-state index is -0.562. The Labute approximate surface area is 124 Å². The summed E-state index contributed by atoms with van der Waals surface area (Å²) >= 11 is 0. The normalized spacial score (nSPS) is 13.0. The van der Waals surface area contributed by atoms with Gasteiger partial charge in [-0.05, 0) is 36.6 Å². The maximum absolute atomic E-state index is 12.1. The summed E-state index contributed by atoms with van der Waals surface area (Å²) in [6, 6.07) is 6.79. The SMILES string of the molecule is Cc1nc(-c2ccc(NC(=O)[C@@H](N)C(C)(C)C)cc2)n[nH]1. The van der Waals surface area contributed by atoms with Crippen molar-refractivity contribution >= 4 is 11.6 Å². The highest BCUT2D eigenvalue weighted by Crippen LogP contribution is 2.21. The molecule has 6 heteroatoms. The lowest BCUT2D eigenvalue weighted by molar-refractivity contribution is -0.119. The number of H-pyrrole nitrogens is 1. The molecule has 1 heterocycles. The number of benzene rings is 1. The standard InChI is InChI=1S/C15H21N5O/c1-9-17-13(20-19-9)10-5-7-11(8-6-10)18-14(21)12(16)15(2,3)4/h5-8,12H,16H2,1-4H3,(H,18,21)(H,17,19,20)/t12-/m1/s1. The largest absolute Gasteiger partial charge is 0.325 e. The molecule has 1 amide bonds. The molecule has 0 spiro atoms. The number of aromatic nitrogens is 3. The van der Waals surface area contributed by atoms with Crippen LogP contribution in [-0.2, 0) is 4.79 Å². The summed E-state index contributed by atoms with van der Waals surface area (Å²) < 4.78 is 0. The molecule has 1 aromatic carbocycles. The van der Waals surface area contributed by atoms with Crippen LogP contribution in [0.5, 0.6) is 0 Å². The summed E-state index contributed by atoms with van der Waals surface area (Å²) in [5.74, 6) is 1.21. The van der Waals surface area contributed by atoms with E-state index in [1.165, 1.54) is 0 Å². The number of nitrogens with two attached hydrogens (primary N) is 1. The average molecular weight is 287 g/mol. The predicted octanol–water partition coefficient (Wildman–Crippen LogP) is 2.09. The van der Waals surface area contributed by atoms with Gasteiger partial charge in [0, 0.05) is 11.3 Å². The lowest BCUT2D eigenvalue weighted by atomic mass is 9.87. The lowest BCUT2D eigenvalue weighted by Gasteiger charge is -2.25. The lowest BCUT2D eigenvalue weighted by Crippen LogP contribution is -2.45. The highest BCUT2D eigenvalue weighted by atomic mass is 16.2. The molecule has 0 aliphatic rings. The van der Waals surface area contributed by atoms with Crippen molar-refractivity contribution in [3.8, 4) is 11.4 Å². The van der Waals surface area contributed by atoms with Crippen molar-refractivity contribution in [2.75, 3.05) is 5.32 Å². The zero-order valence-electron chi connectivity index (χ0n) is 12.8. The number of carbonyl (C=O) groups excluding carboxylic acids is 1. The number of rotatable bonds is 3. The third-order valence-corrected chi connectivity index (χ3v) is 3.22. The van der Waals surface area contributed by atoms with Gasteiger partial charge in [0.2, 0.25) is 5.91 Å². The van der Waals surface area contributed by atoms with Crippen LogP contribution in [0.25, 0.3) is 11.4 Å². The van der Waals surface area contributed by atoms with Crippen molar-refractivity contribution in [1.82, 2.24) is 15.2 Å². The number of anilines is 1. The van der Waals surface area contributed by atoms with Gasteiger partial charge in [-0.15, -0.1) is 0 Å². The van der Waals surface area contributed by atoms with Gasteiger partial charge in [0.05, 0.1) is 6.04 Å². The van der Waals surface area contributed by atoms with E-state index in [9.17, 15) is 4.79 Å². The number of aromatic amines is 1. The van der Waals surface area contributed by atoms with Crippen molar-refractivity contribution < 1.29 is 4.79 Å². The molecule has 1 aromatic heterocycles. The van der Waals surface area contributed by atoms with Crippen molar-refractivity contribution in [2.45, 2.75) is 33.7 Å². The van der Waals surface area contributed by atoms with Crippen LogP contribution in [0.1, 0.15) is 26.6 Å². The van der Waals surface area contributed by atoms with Crippen LogP contribution >= 0.6 is 0 Å². The maximum Gasteiger partial charge on any atom is 0.241 e. The van der Waals surface area contributed by atoms with E-state index in [1.54, 1.807) is 0 Å². The van der Waals surface area contributed by atoms with E-state index in [1.807, 2.05) is 52.0 Å². The fraction of sp³-hybridized carbons (Fsp3) is 0.400. The number of hydrogen-bond donors (Lipinski definition) is 3. The van der Waals surface area contributed by atoms with Gasteiger partial charge in [-0.25, -0.2) is 4.98 Å². The monoisotopic (exact) mass is 287 g/mol. The van der Waals surface area contributed by atoms with E-state index >= 15 is 0 Å². The van der Waals surface area contributed by atoms with Gasteiger partial charge < -0.3 is 11.1 Å². The highest BCUT2D eigenvalue weighted by Gasteiger charge is 2.27. The van der Waals surface area contributed by atoms with Gasteiger partial charge in [0.15, 0.2) is 5.82 Å². The number of nitrogens with zero attached hydrogens (tertiary/aromatic N) is 2. The fourth-order valence-corrected chi connectivity index (χ4v) is 1.79. The van der Waals surface area contributed by atoms with Gasteiger partial charge in [0.25, 0.3) is 0 Å². The van der Waals surface area contributed by atoms with Gasteiger partial charge in [-0.2, -0.15) is 5.10 Å². The van der Waals surface area contributed by atoms with Crippen LogP contribution in [-0.4, -0.2) is 27.1 Å². The number of carbonyl (C=O) groups is 1. The number of hydrogen-bond acceptors (Lipinski definition) is 4. The first-order valence-electron chi connectivity index (χ1n) is 6.83. The van der Waals surface area contributed by atoms with Crippen LogP contribution in [0, 0.1) is 12.3 Å². The predicted molar refractivity (Wildman–Crippen MR) is 82.6 cm³/mol. The van der Waals surface area contributed by atoms with Gasteiger partial charge in [-0.1, -0.05) is 20.8 Å². The molecular formula is C15H21N5O. The van der Waals surface area contributed by atoms with E-state index in [-0.39, 0.29) is 11.3 Å². The van der Waals surface area contributed by atoms with Crippen molar-refractivity contribution in [3.05, 3.63) is 30.1 Å². The summed E-state index contributed by atoms with van der Waals surface area (Å²) in [4.78, 5) is 16.3. The molecular weight excluding hydrogens is 266 g/mol. The zero-order chi connectivity index (χ0) is 15.6. The van der Waals surface area contributed by atoms with Crippen LogP contribution in [0.2, 0.25) is 0 Å². The highest BCUT2D eigenvalue weighted by molar-refractivity contribution is 5.95. The second-order valence-corrected chi connectivity index (χ2v) is 6.15. The first-order chi connectivity index (χ1) is 9.77. The minimum Gasteiger partial charge on any atom is -0.325 e. The first-order valence-corrected chi connectivity index (χ1v) is 6.83. The Hall–Kier alpha value is -2.21. The quantitative estimate of drug-likeness (QED) is 0.805. The summed E-state index contributed by atoms with van der Waals surface area (Å²) in [6.45, 7) is 7.66. The van der Waals surface area contributed by atoms with Crippen LogP contribution in [0.3, 0.4) is 0 Å². The molecule has 4 N–H and O–H groups in total. The molecule has 0 fully saturated rings. The molecule has 6 nitrogen and oxygen atoms in total. The molecule has 2 rings (SSSR count).